The molecule has 1 heterocycles. The highest BCUT2D eigenvalue weighted by Crippen LogP contribution is 2.43. The largest absolute Gasteiger partial charge is 0.489 e. The van der Waals surface area contributed by atoms with Crippen molar-refractivity contribution in [3.05, 3.63) is 89.2 Å². The standard InChI is InChI=1S/C30H31NO5/c1-2-34-28(32)16-23-7-3-4-9-26(23)35-18-20-13-24-15-27(29(33)21-10-11-21)36-30(24)25(14-20)22-8-5-6-19(12-22)17-31/h3-9,12-15,21,29,33H,2,10-11,16-18,31H2,1H3. The van der Waals surface area contributed by atoms with Gasteiger partial charge in [-0.25, -0.2) is 0 Å². The lowest BCUT2D eigenvalue weighted by Gasteiger charge is -2.13. The minimum absolute atomic E-state index is 0.157. The van der Waals surface area contributed by atoms with Crippen LogP contribution >= 0.6 is 0 Å². The van der Waals surface area contributed by atoms with Crippen LogP contribution in [0.15, 0.2) is 71.1 Å². The van der Waals surface area contributed by atoms with E-state index < -0.39 is 6.10 Å². The molecule has 0 radical (unpaired) electrons. The number of aliphatic hydroxyl groups excluding tert-OH is 1. The maximum atomic E-state index is 12.0. The van der Waals surface area contributed by atoms with Crippen molar-refractivity contribution in [2.24, 2.45) is 11.7 Å². The van der Waals surface area contributed by atoms with Gasteiger partial charge in [0.15, 0.2) is 0 Å². The van der Waals surface area contributed by atoms with E-state index >= 15 is 0 Å². The lowest BCUT2D eigenvalue weighted by molar-refractivity contribution is -0.142. The van der Waals surface area contributed by atoms with Crippen molar-refractivity contribution in [2.75, 3.05) is 6.61 Å². The van der Waals surface area contributed by atoms with Gasteiger partial charge in [0, 0.05) is 23.1 Å². The molecule has 0 aliphatic heterocycles. The van der Waals surface area contributed by atoms with Crippen LogP contribution in [0.2, 0.25) is 0 Å². The summed E-state index contributed by atoms with van der Waals surface area (Å²) in [7, 11) is 0. The van der Waals surface area contributed by atoms with Crippen molar-refractivity contribution in [3.8, 4) is 16.9 Å². The number of furan rings is 1. The van der Waals surface area contributed by atoms with Crippen molar-refractivity contribution in [2.45, 2.75) is 45.4 Å². The molecule has 1 unspecified atom stereocenters. The van der Waals surface area contributed by atoms with E-state index in [1.807, 2.05) is 54.6 Å². The number of benzene rings is 3. The number of hydrogen-bond acceptors (Lipinski definition) is 6. The highest BCUT2D eigenvalue weighted by atomic mass is 16.5. The van der Waals surface area contributed by atoms with E-state index in [-0.39, 0.29) is 18.3 Å². The average Bonchev–Trinajstić information content (AvgIpc) is 3.66. The maximum absolute atomic E-state index is 12.0. The molecule has 1 aromatic heterocycles. The molecule has 1 fully saturated rings. The van der Waals surface area contributed by atoms with Crippen LogP contribution in [0.25, 0.3) is 22.1 Å². The van der Waals surface area contributed by atoms with Crippen LogP contribution in [0, 0.1) is 5.92 Å². The Bertz CT molecular complexity index is 1370. The third kappa shape index (κ3) is 5.30. The topological polar surface area (TPSA) is 94.9 Å². The Hall–Kier alpha value is -3.61. The Balaban J connectivity index is 1.48. The lowest BCUT2D eigenvalue weighted by atomic mass is 9.99. The van der Waals surface area contributed by atoms with Crippen LogP contribution in [0.3, 0.4) is 0 Å². The Morgan fingerprint density at radius 2 is 1.92 bits per heavy atom. The molecule has 1 atom stereocenters. The summed E-state index contributed by atoms with van der Waals surface area (Å²) in [6.45, 7) is 2.90. The Morgan fingerprint density at radius 1 is 1.08 bits per heavy atom. The molecule has 1 aliphatic carbocycles. The van der Waals surface area contributed by atoms with Gasteiger partial charge in [-0.2, -0.15) is 0 Å². The van der Waals surface area contributed by atoms with E-state index in [4.69, 9.17) is 19.6 Å². The molecule has 4 aromatic rings. The third-order valence-corrected chi connectivity index (χ3v) is 6.54. The molecule has 6 heteroatoms. The van der Waals surface area contributed by atoms with Gasteiger partial charge in [0.05, 0.1) is 13.0 Å². The Labute approximate surface area is 210 Å². The molecule has 0 spiro atoms. The zero-order valence-corrected chi connectivity index (χ0v) is 20.4. The number of carbonyl (C=O) groups is 1. The fourth-order valence-corrected chi connectivity index (χ4v) is 4.51. The number of ether oxygens (including phenoxy) is 2. The van der Waals surface area contributed by atoms with E-state index in [9.17, 15) is 9.90 Å². The zero-order valence-electron chi connectivity index (χ0n) is 20.4. The molecule has 5 rings (SSSR count). The van der Waals surface area contributed by atoms with E-state index in [0.717, 1.165) is 51.6 Å². The van der Waals surface area contributed by atoms with Crippen LogP contribution in [0.5, 0.6) is 5.75 Å². The first-order valence-corrected chi connectivity index (χ1v) is 12.5. The SMILES string of the molecule is CCOC(=O)Cc1ccccc1OCc1cc(-c2cccc(CN)c2)c2oc(C(O)C3CC3)cc2c1. The molecule has 6 nitrogen and oxygen atoms in total. The first-order chi connectivity index (χ1) is 17.6. The van der Waals surface area contributed by atoms with Crippen LogP contribution in [0.4, 0.5) is 0 Å². The summed E-state index contributed by atoms with van der Waals surface area (Å²) in [6.07, 6.45) is 1.61. The Morgan fingerprint density at radius 3 is 2.69 bits per heavy atom. The molecule has 1 saturated carbocycles. The number of para-hydroxylation sites is 1. The zero-order chi connectivity index (χ0) is 25.1. The second-order valence-corrected chi connectivity index (χ2v) is 9.28. The quantitative estimate of drug-likeness (QED) is 0.280. The van der Waals surface area contributed by atoms with Crippen LogP contribution < -0.4 is 10.5 Å². The monoisotopic (exact) mass is 485 g/mol. The normalized spacial score (nSPS) is 14.1. The summed E-state index contributed by atoms with van der Waals surface area (Å²) in [6, 6.07) is 21.6. The number of nitrogens with two attached hydrogens (primary N) is 1. The fourth-order valence-electron chi connectivity index (χ4n) is 4.51. The van der Waals surface area contributed by atoms with E-state index in [0.29, 0.717) is 31.3 Å². The number of aliphatic hydroxyl groups is 1. The summed E-state index contributed by atoms with van der Waals surface area (Å²) in [5.74, 6) is 1.24. The molecular weight excluding hydrogens is 454 g/mol. The van der Waals surface area contributed by atoms with Crippen molar-refractivity contribution in [1.82, 2.24) is 0 Å². The molecule has 0 amide bonds. The average molecular weight is 486 g/mol. The van der Waals surface area contributed by atoms with Crippen molar-refractivity contribution >= 4 is 16.9 Å². The minimum Gasteiger partial charge on any atom is -0.489 e. The van der Waals surface area contributed by atoms with E-state index in [2.05, 4.69) is 12.1 Å². The molecule has 36 heavy (non-hydrogen) atoms. The van der Waals surface area contributed by atoms with Gasteiger partial charge in [-0.05, 0) is 72.7 Å². The van der Waals surface area contributed by atoms with Gasteiger partial charge in [-0.3, -0.25) is 4.79 Å². The van der Waals surface area contributed by atoms with Crippen LogP contribution in [0.1, 0.15) is 48.3 Å². The maximum Gasteiger partial charge on any atom is 0.310 e. The number of hydrogen-bond donors (Lipinski definition) is 2. The van der Waals surface area contributed by atoms with Crippen molar-refractivity contribution < 1.29 is 23.8 Å². The molecule has 0 bridgehead atoms. The van der Waals surface area contributed by atoms with Gasteiger partial charge in [-0.1, -0.05) is 36.4 Å². The molecule has 186 valence electrons. The highest BCUT2D eigenvalue weighted by molar-refractivity contribution is 5.93. The summed E-state index contributed by atoms with van der Waals surface area (Å²) in [4.78, 5) is 12.0. The third-order valence-electron chi connectivity index (χ3n) is 6.54. The van der Waals surface area contributed by atoms with Gasteiger partial charge >= 0.3 is 5.97 Å². The van der Waals surface area contributed by atoms with Gasteiger partial charge in [0.2, 0.25) is 0 Å². The second kappa shape index (κ2) is 10.6. The minimum atomic E-state index is -0.588. The fraction of sp³-hybridized carbons (Fsp3) is 0.300. The van der Waals surface area contributed by atoms with E-state index in [1.165, 1.54) is 0 Å². The van der Waals surface area contributed by atoms with Gasteiger partial charge < -0.3 is 24.7 Å². The molecule has 0 saturated heterocycles. The summed E-state index contributed by atoms with van der Waals surface area (Å²) >= 11 is 0. The smallest absolute Gasteiger partial charge is 0.310 e. The van der Waals surface area contributed by atoms with E-state index in [1.54, 1.807) is 6.92 Å². The first-order valence-electron chi connectivity index (χ1n) is 12.5. The van der Waals surface area contributed by atoms with Gasteiger partial charge in [0.25, 0.3) is 0 Å². The molecule has 3 N–H and O–H groups in total. The number of esters is 1. The van der Waals surface area contributed by atoms with Crippen LogP contribution in [-0.4, -0.2) is 17.7 Å². The molecular formula is C30H31NO5. The summed E-state index contributed by atoms with van der Waals surface area (Å²) in [5, 5.41) is 11.6. The second-order valence-electron chi connectivity index (χ2n) is 9.28. The first kappa shape index (κ1) is 24.1. The summed E-state index contributed by atoms with van der Waals surface area (Å²) in [5.41, 5.74) is 11.3. The lowest BCUT2D eigenvalue weighted by Crippen LogP contribution is -2.09. The van der Waals surface area contributed by atoms with Gasteiger partial charge in [-0.15, -0.1) is 0 Å². The summed E-state index contributed by atoms with van der Waals surface area (Å²) < 4.78 is 17.5. The van der Waals surface area contributed by atoms with Crippen molar-refractivity contribution in [3.63, 3.8) is 0 Å². The Kier molecular flexibility index (Phi) is 7.07. The molecule has 3 aromatic carbocycles. The molecule has 1 aliphatic rings. The highest BCUT2D eigenvalue weighted by Gasteiger charge is 2.33. The van der Waals surface area contributed by atoms with Crippen molar-refractivity contribution in [1.29, 1.82) is 0 Å². The number of fused-ring (bicyclic) bond motifs is 1. The number of rotatable bonds is 10. The van der Waals surface area contributed by atoms with Crippen LogP contribution in [-0.2, 0) is 29.1 Å². The number of carbonyl (C=O) groups excluding carboxylic acids is 1. The van der Waals surface area contributed by atoms with Gasteiger partial charge in [0.1, 0.15) is 29.8 Å². The predicted octanol–water partition coefficient (Wildman–Crippen LogP) is 5.69. The predicted molar refractivity (Wildman–Crippen MR) is 138 cm³/mol.